The highest BCUT2D eigenvalue weighted by molar-refractivity contribution is 8.00. The molecule has 0 saturated heterocycles. The fourth-order valence-corrected chi connectivity index (χ4v) is 2.32. The van der Waals surface area contributed by atoms with Crippen LogP contribution in [0.15, 0.2) is 0 Å². The summed E-state index contributed by atoms with van der Waals surface area (Å²) in [6, 6.07) is 0. The van der Waals surface area contributed by atoms with Gasteiger partial charge in [0.05, 0.1) is 5.75 Å². The molecule has 2 N–H and O–H groups in total. The number of amides is 1. The number of hydrogen-bond acceptors (Lipinski definition) is 2. The molecule has 1 fully saturated rings. The molecule has 0 radical (unpaired) electrons. The van der Waals surface area contributed by atoms with Crippen molar-refractivity contribution in [3.05, 3.63) is 0 Å². The Balaban J connectivity index is 2.07. The summed E-state index contributed by atoms with van der Waals surface area (Å²) in [7, 11) is 0. The lowest BCUT2D eigenvalue weighted by molar-refractivity contribution is -0.115. The van der Waals surface area contributed by atoms with Crippen LogP contribution < -0.4 is 5.73 Å². The molecule has 0 heterocycles. The molecule has 0 aliphatic heterocycles. The molecule has 0 unspecified atom stereocenters. The first kappa shape index (κ1) is 7.92. The fourth-order valence-electron chi connectivity index (χ4n) is 1.26. The maximum absolute atomic E-state index is 10.4. The maximum atomic E-state index is 10.4. The van der Waals surface area contributed by atoms with Gasteiger partial charge < -0.3 is 5.73 Å². The summed E-state index contributed by atoms with van der Waals surface area (Å²) in [5.74, 6) is 0.321. The van der Waals surface area contributed by atoms with E-state index in [-0.39, 0.29) is 5.91 Å². The van der Waals surface area contributed by atoms with Crippen LogP contribution in [0.4, 0.5) is 0 Å². The van der Waals surface area contributed by atoms with E-state index in [0.29, 0.717) is 11.0 Å². The fraction of sp³-hybridized carbons (Fsp3) is 0.857. The summed E-state index contributed by atoms with van der Waals surface area (Å²) in [6.07, 6.45) is 5.21. The van der Waals surface area contributed by atoms with Crippen LogP contribution in [0.3, 0.4) is 0 Å². The van der Waals surface area contributed by atoms with Crippen LogP contribution in [0.5, 0.6) is 0 Å². The second kappa shape index (κ2) is 3.86. The highest BCUT2D eigenvalue weighted by Gasteiger charge is 2.15. The zero-order chi connectivity index (χ0) is 7.40. The van der Waals surface area contributed by atoms with Gasteiger partial charge in [-0.25, -0.2) is 0 Å². The second-order valence-electron chi connectivity index (χ2n) is 2.68. The molecular weight excluding hydrogens is 146 g/mol. The molecule has 0 atom stereocenters. The Labute approximate surface area is 65.5 Å². The zero-order valence-corrected chi connectivity index (χ0v) is 6.82. The number of hydrogen-bond donors (Lipinski definition) is 1. The Bertz CT molecular complexity index is 121. The first-order valence-corrected chi connectivity index (χ1v) is 4.74. The van der Waals surface area contributed by atoms with Crippen molar-refractivity contribution in [2.45, 2.75) is 30.9 Å². The Kier molecular flexibility index (Phi) is 3.06. The van der Waals surface area contributed by atoms with E-state index in [1.54, 1.807) is 11.8 Å². The van der Waals surface area contributed by atoms with Gasteiger partial charge in [-0.3, -0.25) is 4.79 Å². The van der Waals surface area contributed by atoms with Gasteiger partial charge in [-0.1, -0.05) is 12.8 Å². The van der Waals surface area contributed by atoms with E-state index in [2.05, 4.69) is 0 Å². The van der Waals surface area contributed by atoms with E-state index in [1.807, 2.05) is 0 Å². The average molecular weight is 159 g/mol. The number of nitrogens with two attached hydrogens (primary N) is 1. The Hall–Kier alpha value is -0.180. The van der Waals surface area contributed by atoms with Crippen LogP contribution in [-0.4, -0.2) is 16.9 Å². The highest BCUT2D eigenvalue weighted by Crippen LogP contribution is 2.28. The minimum atomic E-state index is -0.183. The lowest BCUT2D eigenvalue weighted by Crippen LogP contribution is -2.15. The minimum absolute atomic E-state index is 0.183. The summed E-state index contributed by atoms with van der Waals surface area (Å²) >= 11 is 1.72. The third-order valence-corrected chi connectivity index (χ3v) is 3.16. The molecule has 1 aliphatic rings. The molecule has 1 aliphatic carbocycles. The zero-order valence-electron chi connectivity index (χ0n) is 6.01. The molecule has 1 saturated carbocycles. The van der Waals surface area contributed by atoms with Gasteiger partial charge in [0.25, 0.3) is 0 Å². The molecule has 0 aromatic heterocycles. The van der Waals surface area contributed by atoms with Crippen molar-refractivity contribution in [2.24, 2.45) is 5.73 Å². The quantitative estimate of drug-likeness (QED) is 0.671. The van der Waals surface area contributed by atoms with E-state index in [1.165, 1.54) is 25.7 Å². The Morgan fingerprint density at radius 2 is 2.10 bits per heavy atom. The predicted molar refractivity (Wildman–Crippen MR) is 43.9 cm³/mol. The molecule has 1 amide bonds. The number of rotatable bonds is 3. The van der Waals surface area contributed by atoms with Gasteiger partial charge in [0, 0.05) is 5.25 Å². The Morgan fingerprint density at radius 1 is 1.50 bits per heavy atom. The van der Waals surface area contributed by atoms with Crippen LogP contribution in [0.25, 0.3) is 0 Å². The molecule has 0 aromatic rings. The van der Waals surface area contributed by atoms with Crippen molar-refractivity contribution in [2.75, 3.05) is 5.75 Å². The predicted octanol–water partition coefficient (Wildman–Crippen LogP) is 1.15. The smallest absolute Gasteiger partial charge is 0.227 e. The Morgan fingerprint density at radius 3 is 2.60 bits per heavy atom. The van der Waals surface area contributed by atoms with Crippen LogP contribution in [0, 0.1) is 0 Å². The summed E-state index contributed by atoms with van der Waals surface area (Å²) < 4.78 is 0. The van der Waals surface area contributed by atoms with Crippen molar-refractivity contribution in [1.29, 1.82) is 0 Å². The third-order valence-electron chi connectivity index (χ3n) is 1.76. The largest absolute Gasteiger partial charge is 0.369 e. The van der Waals surface area contributed by atoms with Crippen LogP contribution >= 0.6 is 11.8 Å². The second-order valence-corrected chi connectivity index (χ2v) is 3.97. The molecule has 0 aromatic carbocycles. The topological polar surface area (TPSA) is 43.1 Å². The number of primary amides is 1. The lowest BCUT2D eigenvalue weighted by Gasteiger charge is -2.04. The number of carbonyl (C=O) groups excluding carboxylic acids is 1. The first-order chi connectivity index (χ1) is 4.79. The normalized spacial score (nSPS) is 19.6. The van der Waals surface area contributed by atoms with E-state index in [0.717, 1.165) is 0 Å². The maximum Gasteiger partial charge on any atom is 0.227 e. The molecule has 0 bridgehead atoms. The summed E-state index contributed by atoms with van der Waals surface area (Å²) in [5.41, 5.74) is 5.01. The van der Waals surface area contributed by atoms with E-state index >= 15 is 0 Å². The summed E-state index contributed by atoms with van der Waals surface area (Å²) in [4.78, 5) is 10.4. The van der Waals surface area contributed by atoms with Crippen LogP contribution in [0.2, 0.25) is 0 Å². The molecule has 58 valence electrons. The van der Waals surface area contributed by atoms with Crippen molar-refractivity contribution in [1.82, 2.24) is 0 Å². The molecule has 0 spiro atoms. The lowest BCUT2D eigenvalue weighted by atomic mass is 10.4. The minimum Gasteiger partial charge on any atom is -0.369 e. The van der Waals surface area contributed by atoms with Gasteiger partial charge in [-0.05, 0) is 12.8 Å². The van der Waals surface area contributed by atoms with Crippen molar-refractivity contribution >= 4 is 17.7 Å². The molecule has 1 rings (SSSR count). The van der Waals surface area contributed by atoms with Crippen molar-refractivity contribution in [3.63, 3.8) is 0 Å². The molecular formula is C7H13NOS. The van der Waals surface area contributed by atoms with E-state index in [4.69, 9.17) is 5.73 Å². The van der Waals surface area contributed by atoms with Crippen molar-refractivity contribution < 1.29 is 4.79 Å². The van der Waals surface area contributed by atoms with E-state index in [9.17, 15) is 4.79 Å². The number of carbonyl (C=O) groups is 1. The average Bonchev–Trinajstić information content (AvgIpc) is 2.34. The highest BCUT2D eigenvalue weighted by atomic mass is 32.2. The molecule has 10 heavy (non-hydrogen) atoms. The van der Waals surface area contributed by atoms with Crippen LogP contribution in [-0.2, 0) is 4.79 Å². The molecule has 2 nitrogen and oxygen atoms in total. The molecule has 3 heteroatoms. The van der Waals surface area contributed by atoms with Gasteiger partial charge in [-0.2, -0.15) is 0 Å². The van der Waals surface area contributed by atoms with Gasteiger partial charge in [-0.15, -0.1) is 11.8 Å². The standard InChI is InChI=1S/C7H13NOS/c8-7(9)5-10-6-3-1-2-4-6/h6H,1-5H2,(H2,8,9). The van der Waals surface area contributed by atoms with Gasteiger partial charge in [0.2, 0.25) is 5.91 Å². The summed E-state index contributed by atoms with van der Waals surface area (Å²) in [6.45, 7) is 0. The third kappa shape index (κ3) is 2.60. The van der Waals surface area contributed by atoms with Crippen molar-refractivity contribution in [3.8, 4) is 0 Å². The summed E-state index contributed by atoms with van der Waals surface area (Å²) in [5, 5.41) is 0.715. The van der Waals surface area contributed by atoms with Gasteiger partial charge >= 0.3 is 0 Å². The van der Waals surface area contributed by atoms with E-state index < -0.39 is 0 Å². The van der Waals surface area contributed by atoms with Crippen LogP contribution in [0.1, 0.15) is 25.7 Å². The first-order valence-electron chi connectivity index (χ1n) is 3.69. The number of thioether (sulfide) groups is 1. The van der Waals surface area contributed by atoms with Gasteiger partial charge in [0.1, 0.15) is 0 Å². The van der Waals surface area contributed by atoms with Gasteiger partial charge in [0.15, 0.2) is 0 Å². The SMILES string of the molecule is NC(=O)CSC1CCCC1. The monoisotopic (exact) mass is 159 g/mol.